The molecule has 1 aliphatic heterocycles. The molecule has 1 aromatic heterocycles. The topological polar surface area (TPSA) is 78.4 Å². The van der Waals surface area contributed by atoms with Crippen LogP contribution in [-0.4, -0.2) is 32.5 Å². The van der Waals surface area contributed by atoms with Crippen LogP contribution in [-0.2, 0) is 17.8 Å². The molecule has 0 amide bonds. The zero-order chi connectivity index (χ0) is 17.9. The highest BCUT2D eigenvalue weighted by Crippen LogP contribution is 2.30. The number of H-pyrrole nitrogens is 1. The second-order valence-corrected chi connectivity index (χ2v) is 6.29. The lowest BCUT2D eigenvalue weighted by molar-refractivity contribution is -0.144. The van der Waals surface area contributed by atoms with Crippen molar-refractivity contribution in [3.8, 4) is 11.5 Å². The fourth-order valence-corrected chi connectivity index (χ4v) is 3.33. The minimum absolute atomic E-state index is 0.523. The van der Waals surface area contributed by atoms with Crippen LogP contribution >= 0.6 is 0 Å². The van der Waals surface area contributed by atoms with Crippen LogP contribution in [0.1, 0.15) is 23.0 Å². The molecular weight excluding hydrogens is 330 g/mol. The molecule has 2 N–H and O–H groups in total. The van der Waals surface area contributed by atoms with Gasteiger partial charge in [0, 0.05) is 25.2 Å². The monoisotopic (exact) mass is 349 g/mol. The van der Waals surface area contributed by atoms with Gasteiger partial charge in [-0.1, -0.05) is 30.3 Å². The van der Waals surface area contributed by atoms with Crippen LogP contribution < -0.4 is 4.74 Å². The van der Waals surface area contributed by atoms with Gasteiger partial charge < -0.3 is 14.8 Å². The Balaban J connectivity index is 1.54. The molecule has 0 saturated carbocycles. The number of nitrogens with zero attached hydrogens (tertiary/aromatic N) is 2. The summed E-state index contributed by atoms with van der Waals surface area (Å²) in [4.78, 5) is 21.0. The smallest absolute Gasteiger partial charge is 0.327 e. The van der Waals surface area contributed by atoms with E-state index in [0.29, 0.717) is 18.8 Å². The number of para-hydroxylation sites is 1. The molecule has 4 rings (SSSR count). The quantitative estimate of drug-likeness (QED) is 0.738. The molecule has 3 aromatic rings. The summed E-state index contributed by atoms with van der Waals surface area (Å²) in [5, 5.41) is 9.68. The number of rotatable bonds is 5. The van der Waals surface area contributed by atoms with Gasteiger partial charge in [-0.3, -0.25) is 9.69 Å². The highest BCUT2D eigenvalue weighted by molar-refractivity contribution is 5.75. The van der Waals surface area contributed by atoms with E-state index in [-0.39, 0.29) is 0 Å². The Labute approximate surface area is 151 Å². The third kappa shape index (κ3) is 3.32. The maximum absolute atomic E-state index is 11.8. The number of ether oxygens (including phenoxy) is 1. The molecule has 1 aliphatic rings. The molecule has 0 saturated heterocycles. The van der Waals surface area contributed by atoms with E-state index in [0.717, 1.165) is 29.2 Å². The number of carboxylic acids is 1. The Kier molecular flexibility index (Phi) is 4.41. The average molecular weight is 349 g/mol. The van der Waals surface area contributed by atoms with E-state index in [1.165, 1.54) is 0 Å². The number of carboxylic acid groups (broad SMARTS) is 1. The molecule has 26 heavy (non-hydrogen) atoms. The van der Waals surface area contributed by atoms with Crippen molar-refractivity contribution < 1.29 is 14.6 Å². The molecule has 6 nitrogen and oxygen atoms in total. The van der Waals surface area contributed by atoms with Crippen molar-refractivity contribution in [3.63, 3.8) is 0 Å². The van der Waals surface area contributed by atoms with Gasteiger partial charge in [0.25, 0.3) is 0 Å². The summed E-state index contributed by atoms with van der Waals surface area (Å²) in [6, 6.07) is 16.6. The fourth-order valence-electron chi connectivity index (χ4n) is 3.33. The Morgan fingerprint density at radius 3 is 2.81 bits per heavy atom. The lowest BCUT2D eigenvalue weighted by atomic mass is 10.0. The molecule has 0 spiro atoms. The summed E-state index contributed by atoms with van der Waals surface area (Å²) in [6.45, 7) is 1.19. The minimum atomic E-state index is -0.880. The molecule has 0 aliphatic carbocycles. The van der Waals surface area contributed by atoms with Crippen molar-refractivity contribution in [1.82, 2.24) is 14.9 Å². The van der Waals surface area contributed by atoms with Crippen LogP contribution in [0, 0.1) is 0 Å². The van der Waals surface area contributed by atoms with E-state index >= 15 is 0 Å². The van der Waals surface area contributed by atoms with Crippen molar-refractivity contribution in [1.29, 1.82) is 0 Å². The molecular formula is C20H19N3O3. The summed E-state index contributed by atoms with van der Waals surface area (Å²) in [6.07, 6.45) is 2.33. The predicted octanol–water partition coefficient (Wildman–Crippen LogP) is 3.39. The van der Waals surface area contributed by atoms with E-state index in [1.54, 1.807) is 6.33 Å². The van der Waals surface area contributed by atoms with Gasteiger partial charge in [0.05, 0.1) is 12.0 Å². The highest BCUT2D eigenvalue weighted by atomic mass is 16.5. The summed E-state index contributed by atoms with van der Waals surface area (Å²) in [5.41, 5.74) is 2.53. The molecule has 2 aromatic carbocycles. The molecule has 2 heterocycles. The normalized spacial score (nSPS) is 16.8. The summed E-state index contributed by atoms with van der Waals surface area (Å²) < 4.78 is 5.87. The van der Waals surface area contributed by atoms with Gasteiger partial charge in [-0.25, -0.2) is 4.98 Å². The molecule has 132 valence electrons. The number of aromatic nitrogens is 2. The summed E-state index contributed by atoms with van der Waals surface area (Å²) in [7, 11) is 0. The second-order valence-electron chi connectivity index (χ2n) is 6.29. The van der Waals surface area contributed by atoms with Crippen molar-refractivity contribution in [2.75, 3.05) is 6.54 Å². The van der Waals surface area contributed by atoms with Crippen LogP contribution in [0.3, 0.4) is 0 Å². The van der Waals surface area contributed by atoms with E-state index in [9.17, 15) is 9.90 Å². The number of fused-ring (bicyclic) bond motifs is 1. The maximum atomic E-state index is 11.8. The maximum Gasteiger partial charge on any atom is 0.327 e. The van der Waals surface area contributed by atoms with Crippen LogP contribution in [0.15, 0.2) is 60.9 Å². The average Bonchev–Trinajstić information content (AvgIpc) is 3.11. The number of hydrogen-bond donors (Lipinski definition) is 2. The molecule has 0 radical (unpaired) electrons. The molecule has 6 heteroatoms. The van der Waals surface area contributed by atoms with Gasteiger partial charge in [0.1, 0.15) is 11.5 Å². The van der Waals surface area contributed by atoms with E-state index < -0.39 is 12.0 Å². The van der Waals surface area contributed by atoms with E-state index in [1.807, 2.05) is 59.5 Å². The van der Waals surface area contributed by atoms with Crippen molar-refractivity contribution in [2.24, 2.45) is 0 Å². The second kappa shape index (κ2) is 7.01. The van der Waals surface area contributed by atoms with Gasteiger partial charge in [-0.15, -0.1) is 0 Å². The molecule has 1 atom stereocenters. The minimum Gasteiger partial charge on any atom is -0.480 e. The van der Waals surface area contributed by atoms with E-state index in [4.69, 9.17) is 4.74 Å². The molecule has 0 unspecified atom stereocenters. The van der Waals surface area contributed by atoms with Crippen molar-refractivity contribution in [2.45, 2.75) is 19.0 Å². The van der Waals surface area contributed by atoms with Crippen LogP contribution in [0.4, 0.5) is 0 Å². The number of aliphatic carboxylic acids is 1. The van der Waals surface area contributed by atoms with Gasteiger partial charge in [-0.2, -0.15) is 0 Å². The number of hydrogen-bond acceptors (Lipinski definition) is 4. The van der Waals surface area contributed by atoms with E-state index in [2.05, 4.69) is 9.97 Å². The number of aromatic amines is 1. The Hall–Kier alpha value is -3.12. The lowest BCUT2D eigenvalue weighted by Gasteiger charge is -2.32. The zero-order valence-electron chi connectivity index (χ0n) is 14.1. The largest absolute Gasteiger partial charge is 0.480 e. The fraction of sp³-hybridized carbons (Fsp3) is 0.200. The zero-order valence-corrected chi connectivity index (χ0v) is 14.1. The molecule has 0 bridgehead atoms. The number of carbonyl (C=O) groups is 1. The molecule has 0 fully saturated rings. The number of benzene rings is 2. The summed E-state index contributed by atoms with van der Waals surface area (Å²) in [5.74, 6) is 0.625. The lowest BCUT2D eigenvalue weighted by Crippen LogP contribution is -2.39. The SMILES string of the molecule is O=C(O)[C@H]1c2nc[nH]c2CCN1Cc1cccc(Oc2ccccc2)c1. The third-order valence-electron chi connectivity index (χ3n) is 4.52. The third-order valence-corrected chi connectivity index (χ3v) is 4.52. The summed E-state index contributed by atoms with van der Waals surface area (Å²) >= 11 is 0. The Morgan fingerprint density at radius 1 is 1.19 bits per heavy atom. The van der Waals surface area contributed by atoms with Gasteiger partial charge in [-0.05, 0) is 29.8 Å². The van der Waals surface area contributed by atoms with Gasteiger partial charge in [0.15, 0.2) is 6.04 Å². The first kappa shape index (κ1) is 16.4. The predicted molar refractivity (Wildman–Crippen MR) is 96.0 cm³/mol. The van der Waals surface area contributed by atoms with Gasteiger partial charge in [0.2, 0.25) is 0 Å². The Morgan fingerprint density at radius 2 is 2.00 bits per heavy atom. The highest BCUT2D eigenvalue weighted by Gasteiger charge is 2.35. The number of imidazole rings is 1. The first-order valence-electron chi connectivity index (χ1n) is 8.51. The first-order chi connectivity index (χ1) is 12.7. The van der Waals surface area contributed by atoms with Crippen LogP contribution in [0.2, 0.25) is 0 Å². The van der Waals surface area contributed by atoms with Crippen molar-refractivity contribution >= 4 is 5.97 Å². The van der Waals surface area contributed by atoms with Crippen LogP contribution in [0.5, 0.6) is 11.5 Å². The van der Waals surface area contributed by atoms with Crippen LogP contribution in [0.25, 0.3) is 0 Å². The standard InChI is InChI=1S/C20H19N3O3/c24-20(25)19-18-17(21-13-22-18)9-10-23(19)12-14-5-4-8-16(11-14)26-15-6-2-1-3-7-15/h1-8,11,13,19H,9-10,12H2,(H,21,22)(H,24,25)/t19-/m1/s1. The first-order valence-corrected chi connectivity index (χ1v) is 8.51. The Bertz CT molecular complexity index is 907. The number of nitrogens with one attached hydrogen (secondary N) is 1. The van der Waals surface area contributed by atoms with Gasteiger partial charge >= 0.3 is 5.97 Å². The van der Waals surface area contributed by atoms with Crippen molar-refractivity contribution in [3.05, 3.63) is 77.9 Å².